The lowest BCUT2D eigenvalue weighted by Gasteiger charge is -2.17. The molecule has 0 saturated carbocycles. The molecule has 98 valence electrons. The first-order valence-corrected chi connectivity index (χ1v) is 9.02. The third kappa shape index (κ3) is 5.81. The highest BCUT2D eigenvalue weighted by molar-refractivity contribution is 7.91. The SMILES string of the molecule is CCS(=O)(=O)CCCC(N)C(C)S(C)(=O)=O. The molecule has 0 saturated heterocycles. The topological polar surface area (TPSA) is 94.3 Å². The van der Waals surface area contributed by atoms with Crippen molar-refractivity contribution < 1.29 is 16.8 Å². The van der Waals surface area contributed by atoms with Crippen LogP contribution in [0.1, 0.15) is 26.7 Å². The van der Waals surface area contributed by atoms with Crippen molar-refractivity contribution in [1.29, 1.82) is 0 Å². The average Bonchev–Trinajstić information content (AvgIpc) is 2.14. The summed E-state index contributed by atoms with van der Waals surface area (Å²) in [6.45, 7) is 3.14. The van der Waals surface area contributed by atoms with E-state index in [2.05, 4.69) is 0 Å². The molecule has 0 fully saturated rings. The van der Waals surface area contributed by atoms with Crippen molar-refractivity contribution in [1.82, 2.24) is 0 Å². The van der Waals surface area contributed by atoms with Crippen LogP contribution in [0, 0.1) is 0 Å². The number of hydrogen-bond acceptors (Lipinski definition) is 5. The number of hydrogen-bond donors (Lipinski definition) is 1. The zero-order chi connectivity index (χ0) is 13.0. The van der Waals surface area contributed by atoms with Crippen LogP contribution < -0.4 is 5.73 Å². The first-order chi connectivity index (χ1) is 7.10. The summed E-state index contributed by atoms with van der Waals surface area (Å²) in [7, 11) is -6.13. The van der Waals surface area contributed by atoms with Gasteiger partial charge < -0.3 is 5.73 Å². The summed E-state index contributed by atoms with van der Waals surface area (Å²) in [6.07, 6.45) is 1.96. The predicted molar refractivity (Wildman–Crippen MR) is 65.8 cm³/mol. The van der Waals surface area contributed by atoms with Crippen LogP contribution >= 0.6 is 0 Å². The molecule has 0 aromatic heterocycles. The van der Waals surface area contributed by atoms with E-state index in [0.717, 1.165) is 6.26 Å². The summed E-state index contributed by atoms with van der Waals surface area (Å²) in [5.74, 6) is 0.192. The third-order valence-electron chi connectivity index (χ3n) is 2.71. The van der Waals surface area contributed by atoms with Gasteiger partial charge in [0.1, 0.15) is 9.84 Å². The Labute approximate surface area is 98.2 Å². The van der Waals surface area contributed by atoms with Crippen LogP contribution in [0.15, 0.2) is 0 Å². The van der Waals surface area contributed by atoms with Crippen molar-refractivity contribution in [2.75, 3.05) is 17.8 Å². The van der Waals surface area contributed by atoms with Gasteiger partial charge in [0.15, 0.2) is 9.84 Å². The number of rotatable bonds is 7. The van der Waals surface area contributed by atoms with Gasteiger partial charge in [-0.2, -0.15) is 0 Å². The second-order valence-corrected chi connectivity index (χ2v) is 8.95. The fourth-order valence-corrected chi connectivity index (χ4v) is 2.90. The number of sulfone groups is 2. The zero-order valence-electron chi connectivity index (χ0n) is 10.0. The molecule has 0 aromatic rings. The molecule has 7 heteroatoms. The van der Waals surface area contributed by atoms with E-state index in [0.29, 0.717) is 12.8 Å². The smallest absolute Gasteiger partial charge is 0.151 e. The summed E-state index contributed by atoms with van der Waals surface area (Å²) in [5, 5.41) is -0.628. The molecule has 0 amide bonds. The van der Waals surface area contributed by atoms with Crippen LogP contribution in [0.4, 0.5) is 0 Å². The van der Waals surface area contributed by atoms with Crippen LogP contribution in [0.5, 0.6) is 0 Å². The van der Waals surface area contributed by atoms with Crippen molar-refractivity contribution in [3.8, 4) is 0 Å². The van der Waals surface area contributed by atoms with Crippen molar-refractivity contribution in [3.05, 3.63) is 0 Å². The van der Waals surface area contributed by atoms with Crippen molar-refractivity contribution in [3.63, 3.8) is 0 Å². The molecule has 0 heterocycles. The van der Waals surface area contributed by atoms with Gasteiger partial charge in [-0.3, -0.25) is 0 Å². The molecule has 0 bridgehead atoms. The van der Waals surface area contributed by atoms with Gasteiger partial charge in [-0.15, -0.1) is 0 Å². The van der Waals surface area contributed by atoms with E-state index in [9.17, 15) is 16.8 Å². The molecule has 0 aliphatic carbocycles. The van der Waals surface area contributed by atoms with E-state index in [1.54, 1.807) is 13.8 Å². The molecule has 0 aliphatic rings. The van der Waals surface area contributed by atoms with Gasteiger partial charge in [-0.05, 0) is 19.8 Å². The van der Waals surface area contributed by atoms with Crippen LogP contribution in [-0.4, -0.2) is 45.9 Å². The summed E-state index contributed by atoms with van der Waals surface area (Å²) >= 11 is 0. The fraction of sp³-hybridized carbons (Fsp3) is 1.00. The summed E-state index contributed by atoms with van der Waals surface area (Å²) < 4.78 is 44.8. The molecular formula is C9H21NO4S2. The minimum atomic E-state index is -3.15. The Morgan fingerprint density at radius 2 is 1.69 bits per heavy atom. The molecule has 0 aromatic carbocycles. The van der Waals surface area contributed by atoms with Gasteiger partial charge in [0.05, 0.1) is 11.0 Å². The maximum atomic E-state index is 11.2. The van der Waals surface area contributed by atoms with Crippen LogP contribution in [0.2, 0.25) is 0 Å². The van der Waals surface area contributed by atoms with Gasteiger partial charge in [0, 0.05) is 18.1 Å². The molecule has 0 radical (unpaired) electrons. The van der Waals surface area contributed by atoms with E-state index in [-0.39, 0.29) is 11.5 Å². The minimum Gasteiger partial charge on any atom is -0.327 e. The molecule has 2 unspecified atom stereocenters. The summed E-state index contributed by atoms with van der Waals surface area (Å²) in [4.78, 5) is 0. The molecular weight excluding hydrogens is 250 g/mol. The second-order valence-electron chi connectivity index (χ2n) is 4.08. The highest BCUT2D eigenvalue weighted by atomic mass is 32.2. The second kappa shape index (κ2) is 5.97. The van der Waals surface area contributed by atoms with Gasteiger partial charge in [0.2, 0.25) is 0 Å². The Morgan fingerprint density at radius 1 is 1.19 bits per heavy atom. The monoisotopic (exact) mass is 271 g/mol. The van der Waals surface area contributed by atoms with Crippen LogP contribution in [-0.2, 0) is 19.7 Å². The molecule has 2 N–H and O–H groups in total. The minimum absolute atomic E-state index is 0.0771. The van der Waals surface area contributed by atoms with E-state index < -0.39 is 31.0 Å². The highest BCUT2D eigenvalue weighted by Crippen LogP contribution is 2.09. The lowest BCUT2D eigenvalue weighted by atomic mass is 10.1. The van der Waals surface area contributed by atoms with Gasteiger partial charge in [0.25, 0.3) is 0 Å². The maximum Gasteiger partial charge on any atom is 0.151 e. The summed E-state index contributed by atoms with van der Waals surface area (Å²) in [6, 6.07) is -0.498. The Balaban J connectivity index is 4.15. The Kier molecular flexibility index (Phi) is 5.92. The molecule has 0 rings (SSSR count). The largest absolute Gasteiger partial charge is 0.327 e. The van der Waals surface area contributed by atoms with Crippen molar-refractivity contribution >= 4 is 19.7 Å². The highest BCUT2D eigenvalue weighted by Gasteiger charge is 2.22. The lowest BCUT2D eigenvalue weighted by molar-refractivity contribution is 0.540. The normalized spacial score (nSPS) is 17.0. The Morgan fingerprint density at radius 3 is 2.06 bits per heavy atom. The first-order valence-electron chi connectivity index (χ1n) is 5.25. The quantitative estimate of drug-likeness (QED) is 0.701. The van der Waals surface area contributed by atoms with E-state index in [1.807, 2.05) is 0 Å². The predicted octanol–water partition coefficient (Wildman–Crippen LogP) is -0.0383. The van der Waals surface area contributed by atoms with Gasteiger partial charge in [-0.1, -0.05) is 6.92 Å². The standard InChI is InChI=1S/C9H21NO4S2/c1-4-16(13,14)7-5-6-9(10)8(2)15(3,11)12/h8-9H,4-7,10H2,1-3H3. The van der Waals surface area contributed by atoms with Gasteiger partial charge >= 0.3 is 0 Å². The lowest BCUT2D eigenvalue weighted by Crippen LogP contribution is -2.38. The first kappa shape index (κ1) is 15.9. The molecule has 0 spiro atoms. The van der Waals surface area contributed by atoms with E-state index in [1.165, 1.54) is 0 Å². The van der Waals surface area contributed by atoms with Crippen LogP contribution in [0.3, 0.4) is 0 Å². The van der Waals surface area contributed by atoms with E-state index >= 15 is 0 Å². The summed E-state index contributed by atoms with van der Waals surface area (Å²) in [5.41, 5.74) is 5.70. The average molecular weight is 271 g/mol. The molecule has 0 aliphatic heterocycles. The van der Waals surface area contributed by atoms with Gasteiger partial charge in [-0.25, -0.2) is 16.8 Å². The van der Waals surface area contributed by atoms with E-state index in [4.69, 9.17) is 5.73 Å². The number of nitrogens with two attached hydrogens (primary N) is 1. The fourth-order valence-electron chi connectivity index (χ4n) is 1.24. The van der Waals surface area contributed by atoms with Crippen molar-refractivity contribution in [2.24, 2.45) is 5.73 Å². The molecule has 5 nitrogen and oxygen atoms in total. The Hall–Kier alpha value is -0.140. The Bertz CT molecular complexity index is 399. The third-order valence-corrected chi connectivity index (χ3v) is 6.20. The van der Waals surface area contributed by atoms with Crippen LogP contribution in [0.25, 0.3) is 0 Å². The molecule has 16 heavy (non-hydrogen) atoms. The zero-order valence-corrected chi connectivity index (χ0v) is 11.6. The maximum absolute atomic E-state index is 11.2. The van der Waals surface area contributed by atoms with Crippen molar-refractivity contribution in [2.45, 2.75) is 38.0 Å². The molecule has 2 atom stereocenters.